The zero-order valence-corrected chi connectivity index (χ0v) is 12.2. The fourth-order valence-corrected chi connectivity index (χ4v) is 2.17. The quantitative estimate of drug-likeness (QED) is 0.853. The zero-order valence-electron chi connectivity index (χ0n) is 10.6. The number of hydrogen-bond acceptors (Lipinski definition) is 2. The second-order valence-electron chi connectivity index (χ2n) is 4.25. The normalized spacial score (nSPS) is 10.5. The monoisotopic (exact) mass is 309 g/mol. The van der Waals surface area contributed by atoms with Crippen LogP contribution in [0, 0.1) is 5.82 Å². The number of halogens is 2. The lowest BCUT2D eigenvalue weighted by Crippen LogP contribution is -2.13. The van der Waals surface area contributed by atoms with E-state index in [0.29, 0.717) is 17.2 Å². The predicted molar refractivity (Wildman–Crippen MR) is 82.2 cm³/mol. The van der Waals surface area contributed by atoms with Crippen molar-refractivity contribution in [1.82, 2.24) is 0 Å². The molecule has 0 saturated carbocycles. The molecule has 0 radical (unpaired) electrons. The van der Waals surface area contributed by atoms with E-state index < -0.39 is 0 Å². The molecule has 2 rings (SSSR count). The molecule has 0 saturated heterocycles. The Morgan fingerprint density at radius 1 is 1.15 bits per heavy atom. The minimum Gasteiger partial charge on any atom is -0.389 e. The average Bonchev–Trinajstić information content (AvgIpc) is 2.42. The molecule has 0 bridgehead atoms. The highest BCUT2D eigenvalue weighted by Gasteiger charge is 2.07. The summed E-state index contributed by atoms with van der Waals surface area (Å²) >= 11 is 10.9. The van der Waals surface area contributed by atoms with Crippen molar-refractivity contribution in [1.29, 1.82) is 0 Å². The summed E-state index contributed by atoms with van der Waals surface area (Å²) in [6.07, 6.45) is 0. The minimum atomic E-state index is -0.373. The molecule has 104 valence electrons. The van der Waals surface area contributed by atoms with Gasteiger partial charge < -0.3 is 10.5 Å². The fourth-order valence-electron chi connectivity index (χ4n) is 1.79. The van der Waals surface area contributed by atoms with Gasteiger partial charge in [0.1, 0.15) is 10.8 Å². The van der Waals surface area contributed by atoms with Crippen LogP contribution in [0.1, 0.15) is 16.7 Å². The molecule has 2 aromatic rings. The van der Waals surface area contributed by atoms with E-state index in [-0.39, 0.29) is 17.4 Å². The van der Waals surface area contributed by atoms with Gasteiger partial charge in [0, 0.05) is 10.6 Å². The van der Waals surface area contributed by atoms with Gasteiger partial charge in [-0.05, 0) is 29.3 Å². The van der Waals surface area contributed by atoms with Gasteiger partial charge in [-0.2, -0.15) is 0 Å². The Labute approximate surface area is 127 Å². The van der Waals surface area contributed by atoms with E-state index in [4.69, 9.17) is 34.3 Å². The first-order valence-corrected chi connectivity index (χ1v) is 6.76. The van der Waals surface area contributed by atoms with Gasteiger partial charge in [-0.1, -0.05) is 48.1 Å². The van der Waals surface area contributed by atoms with Crippen LogP contribution >= 0.6 is 23.8 Å². The molecule has 0 unspecified atom stereocenters. The molecule has 0 aliphatic heterocycles. The molecule has 0 amide bonds. The van der Waals surface area contributed by atoms with Gasteiger partial charge in [0.05, 0.1) is 13.2 Å². The topological polar surface area (TPSA) is 35.2 Å². The maximum Gasteiger partial charge on any atom is 0.123 e. The third kappa shape index (κ3) is 3.76. The maximum atomic E-state index is 13.2. The number of rotatable bonds is 5. The first-order valence-electron chi connectivity index (χ1n) is 5.97. The first-order chi connectivity index (χ1) is 9.58. The summed E-state index contributed by atoms with van der Waals surface area (Å²) in [5.74, 6) is -0.373. The van der Waals surface area contributed by atoms with Crippen LogP contribution in [0.25, 0.3) is 0 Å². The van der Waals surface area contributed by atoms with Crippen LogP contribution in [0.5, 0.6) is 0 Å². The van der Waals surface area contributed by atoms with Gasteiger partial charge in [0.15, 0.2) is 0 Å². The molecule has 0 aliphatic rings. The van der Waals surface area contributed by atoms with Crippen LogP contribution < -0.4 is 5.73 Å². The highest BCUT2D eigenvalue weighted by atomic mass is 35.5. The van der Waals surface area contributed by atoms with Crippen LogP contribution in [0.4, 0.5) is 4.39 Å². The predicted octanol–water partition coefficient (Wildman–Crippen LogP) is 3.83. The fraction of sp³-hybridized carbons (Fsp3) is 0.133. The Bertz CT molecular complexity index is 633. The van der Waals surface area contributed by atoms with Crippen LogP contribution in [-0.4, -0.2) is 4.99 Å². The lowest BCUT2D eigenvalue weighted by Gasteiger charge is -2.10. The van der Waals surface area contributed by atoms with E-state index in [1.807, 2.05) is 18.2 Å². The summed E-state index contributed by atoms with van der Waals surface area (Å²) in [6.45, 7) is 0.659. The standard InChI is InChI=1S/C15H13ClFNOS/c16-14-4-2-1-3-11(14)9-19-8-10-5-6-12(17)7-13(10)15(18)20/h1-7H,8-9H2,(H2,18,20). The van der Waals surface area contributed by atoms with Crippen molar-refractivity contribution in [2.45, 2.75) is 13.2 Å². The number of benzene rings is 2. The Kier molecular flexibility index (Phi) is 5.06. The molecule has 2 nitrogen and oxygen atoms in total. The van der Waals surface area contributed by atoms with Crippen molar-refractivity contribution in [3.05, 3.63) is 70.0 Å². The van der Waals surface area contributed by atoms with Crippen molar-refractivity contribution in [2.24, 2.45) is 5.73 Å². The lowest BCUT2D eigenvalue weighted by molar-refractivity contribution is 0.107. The Hall–Kier alpha value is -1.49. The third-order valence-corrected chi connectivity index (χ3v) is 3.40. The summed E-state index contributed by atoms with van der Waals surface area (Å²) < 4.78 is 18.8. The van der Waals surface area contributed by atoms with Crippen LogP contribution in [0.15, 0.2) is 42.5 Å². The van der Waals surface area contributed by atoms with Gasteiger partial charge in [0.25, 0.3) is 0 Å². The van der Waals surface area contributed by atoms with Gasteiger partial charge in [-0.3, -0.25) is 0 Å². The van der Waals surface area contributed by atoms with Crippen LogP contribution in [0.3, 0.4) is 0 Å². The summed E-state index contributed by atoms with van der Waals surface area (Å²) in [5.41, 5.74) is 7.73. The van der Waals surface area contributed by atoms with E-state index >= 15 is 0 Å². The average molecular weight is 310 g/mol. The van der Waals surface area contributed by atoms with Gasteiger partial charge in [-0.15, -0.1) is 0 Å². The molecule has 0 spiro atoms. The number of hydrogen-bond donors (Lipinski definition) is 1. The van der Waals surface area contributed by atoms with E-state index in [1.54, 1.807) is 12.1 Å². The maximum absolute atomic E-state index is 13.2. The van der Waals surface area contributed by atoms with Crippen molar-refractivity contribution >= 4 is 28.8 Å². The summed E-state index contributed by atoms with van der Waals surface area (Å²) in [5, 5.41) is 0.654. The largest absolute Gasteiger partial charge is 0.389 e. The molecule has 5 heteroatoms. The van der Waals surface area contributed by atoms with Gasteiger partial charge >= 0.3 is 0 Å². The highest BCUT2D eigenvalue weighted by Crippen LogP contribution is 2.18. The van der Waals surface area contributed by atoms with Crippen LogP contribution in [0.2, 0.25) is 5.02 Å². The van der Waals surface area contributed by atoms with Crippen molar-refractivity contribution in [3.8, 4) is 0 Å². The Morgan fingerprint density at radius 2 is 1.85 bits per heavy atom. The number of ether oxygens (including phenoxy) is 1. The zero-order chi connectivity index (χ0) is 14.5. The van der Waals surface area contributed by atoms with Gasteiger partial charge in [-0.25, -0.2) is 4.39 Å². The summed E-state index contributed by atoms with van der Waals surface area (Å²) in [7, 11) is 0. The molecule has 20 heavy (non-hydrogen) atoms. The second-order valence-corrected chi connectivity index (χ2v) is 5.10. The first kappa shape index (κ1) is 14.9. The molecular formula is C15H13ClFNOS. The molecule has 0 fully saturated rings. The van der Waals surface area contributed by atoms with Gasteiger partial charge in [0.2, 0.25) is 0 Å². The lowest BCUT2D eigenvalue weighted by atomic mass is 10.1. The van der Waals surface area contributed by atoms with E-state index in [0.717, 1.165) is 11.1 Å². The van der Waals surface area contributed by atoms with E-state index in [9.17, 15) is 4.39 Å². The SMILES string of the molecule is NC(=S)c1cc(F)ccc1COCc1ccccc1Cl. The molecule has 0 aromatic heterocycles. The van der Waals surface area contributed by atoms with Crippen LogP contribution in [-0.2, 0) is 18.0 Å². The van der Waals surface area contributed by atoms with Crippen molar-refractivity contribution < 1.29 is 9.13 Å². The van der Waals surface area contributed by atoms with E-state index in [2.05, 4.69) is 0 Å². The Morgan fingerprint density at radius 3 is 2.55 bits per heavy atom. The molecule has 0 aliphatic carbocycles. The smallest absolute Gasteiger partial charge is 0.123 e. The molecule has 0 atom stereocenters. The number of thiocarbonyl (C=S) groups is 1. The molecular weight excluding hydrogens is 297 g/mol. The van der Waals surface area contributed by atoms with E-state index in [1.165, 1.54) is 12.1 Å². The highest BCUT2D eigenvalue weighted by molar-refractivity contribution is 7.80. The van der Waals surface area contributed by atoms with Crippen molar-refractivity contribution in [2.75, 3.05) is 0 Å². The van der Waals surface area contributed by atoms with Crippen molar-refractivity contribution in [3.63, 3.8) is 0 Å². The molecule has 2 N–H and O–H groups in total. The Balaban J connectivity index is 2.05. The second kappa shape index (κ2) is 6.79. The summed E-state index contributed by atoms with van der Waals surface area (Å²) in [6, 6.07) is 11.7. The minimum absolute atomic E-state index is 0.154. The molecule has 0 heterocycles. The molecule has 2 aromatic carbocycles. The number of nitrogens with two attached hydrogens (primary N) is 1. The third-order valence-electron chi connectivity index (χ3n) is 2.81. The summed E-state index contributed by atoms with van der Waals surface area (Å²) in [4.78, 5) is 0.154.